The van der Waals surface area contributed by atoms with E-state index in [2.05, 4.69) is 22.5 Å². The van der Waals surface area contributed by atoms with Gasteiger partial charge in [0.1, 0.15) is 22.9 Å². The van der Waals surface area contributed by atoms with Crippen LogP contribution in [0.15, 0.2) is 40.8 Å². The molecule has 1 aromatic heterocycles. The van der Waals surface area contributed by atoms with Crippen LogP contribution in [0.3, 0.4) is 0 Å². The molecule has 2 atom stereocenters. The van der Waals surface area contributed by atoms with Gasteiger partial charge in [0.05, 0.1) is 0 Å². The molecule has 2 aromatic rings. The number of furan rings is 1. The van der Waals surface area contributed by atoms with Crippen molar-refractivity contribution in [3.8, 4) is 0 Å². The molecule has 0 spiro atoms. The molecule has 2 fully saturated rings. The van der Waals surface area contributed by atoms with Crippen LogP contribution in [0, 0.1) is 18.7 Å². The Balaban J connectivity index is 1.39. The minimum Gasteiger partial charge on any atom is -0.466 e. The zero-order chi connectivity index (χ0) is 22.0. The van der Waals surface area contributed by atoms with Crippen LogP contribution in [0.25, 0.3) is 0 Å². The van der Waals surface area contributed by atoms with Gasteiger partial charge in [-0.1, -0.05) is 25.1 Å². The number of halogens is 1. The number of hydrogen-bond donors (Lipinski definition) is 2. The highest BCUT2D eigenvalue weighted by Crippen LogP contribution is 2.35. The fourth-order valence-electron chi connectivity index (χ4n) is 4.89. The maximum atomic E-state index is 14.3. The maximum Gasteiger partial charge on any atom is 0.322 e. The van der Waals surface area contributed by atoms with Crippen molar-refractivity contribution >= 4 is 11.9 Å². The molecule has 7 heteroatoms. The standard InChI is InChI=1S/C24H30FN3O3/c1-16(21-8-7-17(2)31-21)9-12-28-13-10-19(11-14-28)24(22(29)26-23(30)27-24)15-18-5-3-4-6-20(18)25/h3-8,16,19H,9-15H2,1-2H3,(H2,26,27,29,30)/t16-,24+/m0/s1. The lowest BCUT2D eigenvalue weighted by Gasteiger charge is -2.41. The molecule has 2 N–H and O–H groups in total. The minimum atomic E-state index is -1.09. The van der Waals surface area contributed by atoms with Crippen LogP contribution in [0.1, 0.15) is 49.2 Å². The molecular formula is C24H30FN3O3. The van der Waals surface area contributed by atoms with E-state index in [9.17, 15) is 14.0 Å². The lowest BCUT2D eigenvalue weighted by molar-refractivity contribution is -0.126. The van der Waals surface area contributed by atoms with Crippen molar-refractivity contribution in [2.45, 2.75) is 51.0 Å². The third-order valence-electron chi connectivity index (χ3n) is 6.81. The molecule has 166 valence electrons. The van der Waals surface area contributed by atoms with E-state index < -0.39 is 11.6 Å². The topological polar surface area (TPSA) is 74.6 Å². The van der Waals surface area contributed by atoms with Crippen molar-refractivity contribution < 1.29 is 18.4 Å². The highest BCUT2D eigenvalue weighted by Gasteiger charge is 2.52. The van der Waals surface area contributed by atoms with Gasteiger partial charge in [0.15, 0.2) is 0 Å². The Bertz CT molecular complexity index is 951. The Hall–Kier alpha value is -2.67. The zero-order valence-electron chi connectivity index (χ0n) is 18.1. The van der Waals surface area contributed by atoms with Gasteiger partial charge in [0.2, 0.25) is 0 Å². The number of likely N-dealkylation sites (tertiary alicyclic amines) is 1. The van der Waals surface area contributed by atoms with Gasteiger partial charge in [-0.2, -0.15) is 0 Å². The van der Waals surface area contributed by atoms with Gasteiger partial charge in [0, 0.05) is 12.3 Å². The highest BCUT2D eigenvalue weighted by molar-refractivity contribution is 6.07. The summed E-state index contributed by atoms with van der Waals surface area (Å²) in [7, 11) is 0. The van der Waals surface area contributed by atoms with Crippen LogP contribution in [0.5, 0.6) is 0 Å². The molecule has 2 aliphatic heterocycles. The Kier molecular flexibility index (Phi) is 6.14. The van der Waals surface area contributed by atoms with Gasteiger partial charge in [-0.05, 0) is 75.5 Å². The number of imide groups is 1. The summed E-state index contributed by atoms with van der Waals surface area (Å²) < 4.78 is 20.1. The van der Waals surface area contributed by atoms with E-state index in [4.69, 9.17) is 4.42 Å². The first-order valence-electron chi connectivity index (χ1n) is 11.0. The normalized spacial score (nSPS) is 23.6. The van der Waals surface area contributed by atoms with Gasteiger partial charge in [0.25, 0.3) is 5.91 Å². The zero-order valence-corrected chi connectivity index (χ0v) is 18.1. The molecule has 4 rings (SSSR count). The molecule has 31 heavy (non-hydrogen) atoms. The smallest absolute Gasteiger partial charge is 0.322 e. The molecule has 2 saturated heterocycles. The fraction of sp³-hybridized carbons (Fsp3) is 0.500. The Morgan fingerprint density at radius 3 is 2.55 bits per heavy atom. The first-order valence-corrected chi connectivity index (χ1v) is 11.0. The summed E-state index contributed by atoms with van der Waals surface area (Å²) >= 11 is 0. The second kappa shape index (κ2) is 8.83. The summed E-state index contributed by atoms with van der Waals surface area (Å²) in [6, 6.07) is 10.00. The van der Waals surface area contributed by atoms with E-state index in [1.807, 2.05) is 19.1 Å². The lowest BCUT2D eigenvalue weighted by atomic mass is 9.74. The highest BCUT2D eigenvalue weighted by atomic mass is 19.1. The van der Waals surface area contributed by atoms with E-state index in [0.29, 0.717) is 11.5 Å². The average Bonchev–Trinajstić information content (AvgIpc) is 3.31. The first kappa shape index (κ1) is 21.6. The number of piperidine rings is 1. The third-order valence-corrected chi connectivity index (χ3v) is 6.81. The molecule has 1 aromatic carbocycles. The number of amides is 3. The SMILES string of the molecule is Cc1ccc([C@@H](C)CCN2CCC([C@@]3(Cc4ccccc4F)NC(=O)NC3=O)CC2)o1. The van der Waals surface area contributed by atoms with E-state index in [0.717, 1.165) is 50.4 Å². The number of carbonyl (C=O) groups excluding carboxylic acids is 2. The summed E-state index contributed by atoms with van der Waals surface area (Å²) in [5.74, 6) is 1.55. The second-order valence-corrected chi connectivity index (χ2v) is 8.90. The Labute approximate surface area is 182 Å². The number of benzene rings is 1. The summed E-state index contributed by atoms with van der Waals surface area (Å²) in [6.45, 7) is 6.77. The van der Waals surface area contributed by atoms with Crippen molar-refractivity contribution in [1.29, 1.82) is 0 Å². The van der Waals surface area contributed by atoms with Crippen molar-refractivity contribution in [2.24, 2.45) is 5.92 Å². The van der Waals surface area contributed by atoms with E-state index >= 15 is 0 Å². The fourth-order valence-corrected chi connectivity index (χ4v) is 4.89. The van der Waals surface area contributed by atoms with Crippen LogP contribution >= 0.6 is 0 Å². The molecule has 2 aliphatic rings. The summed E-state index contributed by atoms with van der Waals surface area (Å²) in [4.78, 5) is 27.2. The predicted octanol–water partition coefficient (Wildman–Crippen LogP) is 3.75. The molecule has 3 heterocycles. The van der Waals surface area contributed by atoms with Crippen LogP contribution < -0.4 is 10.6 Å². The summed E-state index contributed by atoms with van der Waals surface area (Å²) in [5, 5.41) is 5.23. The van der Waals surface area contributed by atoms with Crippen molar-refractivity contribution in [3.63, 3.8) is 0 Å². The van der Waals surface area contributed by atoms with Crippen molar-refractivity contribution in [2.75, 3.05) is 19.6 Å². The minimum absolute atomic E-state index is 0.0417. The monoisotopic (exact) mass is 427 g/mol. The second-order valence-electron chi connectivity index (χ2n) is 8.90. The first-order chi connectivity index (χ1) is 14.9. The number of carbonyl (C=O) groups is 2. The quantitative estimate of drug-likeness (QED) is 0.660. The average molecular weight is 428 g/mol. The number of aryl methyl sites for hydroxylation is 1. The molecule has 6 nitrogen and oxygen atoms in total. The molecule has 0 aliphatic carbocycles. The molecule has 0 saturated carbocycles. The van der Waals surface area contributed by atoms with E-state index in [-0.39, 0.29) is 24.1 Å². The van der Waals surface area contributed by atoms with Gasteiger partial charge in [-0.15, -0.1) is 0 Å². The van der Waals surface area contributed by atoms with Crippen LogP contribution in [-0.2, 0) is 11.2 Å². The molecule has 0 bridgehead atoms. The van der Waals surface area contributed by atoms with Gasteiger partial charge in [-0.25, -0.2) is 9.18 Å². The molecular weight excluding hydrogens is 397 g/mol. The Morgan fingerprint density at radius 1 is 1.19 bits per heavy atom. The molecule has 0 radical (unpaired) electrons. The van der Waals surface area contributed by atoms with Crippen molar-refractivity contribution in [1.82, 2.24) is 15.5 Å². The molecule has 0 unspecified atom stereocenters. The number of rotatable bonds is 7. The van der Waals surface area contributed by atoms with Gasteiger partial charge >= 0.3 is 6.03 Å². The lowest BCUT2D eigenvalue weighted by Crippen LogP contribution is -2.57. The van der Waals surface area contributed by atoms with Gasteiger partial charge in [-0.3, -0.25) is 10.1 Å². The summed E-state index contributed by atoms with van der Waals surface area (Å²) in [5.41, 5.74) is -0.644. The van der Waals surface area contributed by atoms with Crippen LogP contribution in [-0.4, -0.2) is 42.0 Å². The van der Waals surface area contributed by atoms with E-state index in [1.165, 1.54) is 6.07 Å². The summed E-state index contributed by atoms with van der Waals surface area (Å²) in [6.07, 6.45) is 2.71. The maximum absolute atomic E-state index is 14.3. The molecule has 3 amide bonds. The predicted molar refractivity (Wildman–Crippen MR) is 115 cm³/mol. The number of urea groups is 1. The van der Waals surface area contributed by atoms with E-state index in [1.54, 1.807) is 18.2 Å². The number of hydrogen-bond acceptors (Lipinski definition) is 4. The number of nitrogens with zero attached hydrogens (tertiary/aromatic N) is 1. The van der Waals surface area contributed by atoms with Gasteiger partial charge < -0.3 is 14.6 Å². The third kappa shape index (κ3) is 4.51. The van der Waals surface area contributed by atoms with Crippen molar-refractivity contribution in [3.05, 3.63) is 59.3 Å². The number of nitrogens with one attached hydrogen (secondary N) is 2. The Morgan fingerprint density at radius 2 is 1.94 bits per heavy atom. The van der Waals surface area contributed by atoms with Crippen LogP contribution in [0.2, 0.25) is 0 Å². The largest absolute Gasteiger partial charge is 0.466 e. The van der Waals surface area contributed by atoms with Crippen LogP contribution in [0.4, 0.5) is 9.18 Å².